The summed E-state index contributed by atoms with van der Waals surface area (Å²) in [5.41, 5.74) is 5.31. The van der Waals surface area contributed by atoms with Crippen molar-refractivity contribution in [2.24, 2.45) is 0 Å². The van der Waals surface area contributed by atoms with Crippen molar-refractivity contribution in [2.45, 2.75) is 24.8 Å². The lowest BCUT2D eigenvalue weighted by atomic mass is 10.1. The van der Waals surface area contributed by atoms with E-state index < -0.39 is 0 Å². The highest BCUT2D eigenvalue weighted by molar-refractivity contribution is 7.98. The van der Waals surface area contributed by atoms with Gasteiger partial charge in [0.1, 0.15) is 0 Å². The second-order valence-corrected chi connectivity index (χ2v) is 8.44. The van der Waals surface area contributed by atoms with Crippen molar-refractivity contribution in [3.63, 3.8) is 0 Å². The molecule has 0 unspecified atom stereocenters. The Bertz CT molecular complexity index is 1340. The quantitative estimate of drug-likeness (QED) is 0.307. The number of nitrogens with zero attached hydrogens (tertiary/aromatic N) is 5. The Morgan fingerprint density at radius 3 is 2.31 bits per heavy atom. The molecule has 0 aliphatic rings. The standard InChI is InChI=1S/C25H21N5OS/c1-17-11-13-21(14-12-17)30-23(20-10-6-7-18(2)15-20)27-29-25(30)32-16-22-26-28-24(31-22)19-8-4-3-5-9-19/h3-15H,16H2,1-2H3. The van der Waals surface area contributed by atoms with Gasteiger partial charge in [-0.15, -0.1) is 20.4 Å². The van der Waals surface area contributed by atoms with Crippen LogP contribution >= 0.6 is 11.8 Å². The van der Waals surface area contributed by atoms with Gasteiger partial charge in [0.25, 0.3) is 0 Å². The maximum atomic E-state index is 5.86. The average Bonchev–Trinajstić information content (AvgIpc) is 3.46. The lowest BCUT2D eigenvalue weighted by Gasteiger charge is -2.10. The van der Waals surface area contributed by atoms with Gasteiger partial charge in [0.05, 0.1) is 5.75 Å². The molecule has 0 fully saturated rings. The Morgan fingerprint density at radius 1 is 0.750 bits per heavy atom. The highest BCUT2D eigenvalue weighted by atomic mass is 32.2. The maximum absolute atomic E-state index is 5.86. The monoisotopic (exact) mass is 439 g/mol. The van der Waals surface area contributed by atoms with Crippen molar-refractivity contribution in [2.75, 3.05) is 0 Å². The second-order valence-electron chi connectivity index (χ2n) is 7.50. The fourth-order valence-electron chi connectivity index (χ4n) is 3.40. The summed E-state index contributed by atoms with van der Waals surface area (Å²) in [5, 5.41) is 18.2. The highest BCUT2D eigenvalue weighted by Gasteiger charge is 2.18. The Morgan fingerprint density at radius 2 is 1.53 bits per heavy atom. The van der Waals surface area contributed by atoms with Crippen molar-refractivity contribution in [3.8, 4) is 28.5 Å². The smallest absolute Gasteiger partial charge is 0.247 e. The Kier molecular flexibility index (Phi) is 5.56. The van der Waals surface area contributed by atoms with Gasteiger partial charge in [-0.1, -0.05) is 71.4 Å². The molecular weight excluding hydrogens is 418 g/mol. The lowest BCUT2D eigenvalue weighted by Crippen LogP contribution is -2.00. The molecule has 0 amide bonds. The maximum Gasteiger partial charge on any atom is 0.247 e. The third kappa shape index (κ3) is 4.20. The zero-order valence-corrected chi connectivity index (χ0v) is 18.6. The third-order valence-electron chi connectivity index (χ3n) is 5.01. The number of rotatable bonds is 6. The van der Waals surface area contributed by atoms with E-state index >= 15 is 0 Å². The summed E-state index contributed by atoms with van der Waals surface area (Å²) >= 11 is 1.52. The number of thioether (sulfide) groups is 1. The van der Waals surface area contributed by atoms with Crippen LogP contribution in [0.15, 0.2) is 88.4 Å². The zero-order valence-electron chi connectivity index (χ0n) is 17.8. The van der Waals surface area contributed by atoms with Crippen molar-refractivity contribution >= 4 is 11.8 Å². The van der Waals surface area contributed by atoms with Gasteiger partial charge in [0.2, 0.25) is 11.8 Å². The first-order valence-electron chi connectivity index (χ1n) is 10.3. The van der Waals surface area contributed by atoms with Crippen LogP contribution in [0.25, 0.3) is 28.5 Å². The number of benzene rings is 3. The van der Waals surface area contributed by atoms with Gasteiger partial charge in [0.15, 0.2) is 11.0 Å². The van der Waals surface area contributed by atoms with E-state index in [0.29, 0.717) is 17.5 Å². The van der Waals surface area contributed by atoms with E-state index in [1.807, 2.05) is 36.4 Å². The summed E-state index contributed by atoms with van der Waals surface area (Å²) in [6.45, 7) is 4.15. The number of aromatic nitrogens is 5. The lowest BCUT2D eigenvalue weighted by molar-refractivity contribution is 0.528. The molecule has 32 heavy (non-hydrogen) atoms. The molecule has 0 atom stereocenters. The van der Waals surface area contributed by atoms with Crippen LogP contribution in [0.3, 0.4) is 0 Å². The molecule has 0 aliphatic carbocycles. The van der Waals surface area contributed by atoms with E-state index in [0.717, 1.165) is 27.8 Å². The van der Waals surface area contributed by atoms with E-state index in [1.165, 1.54) is 22.9 Å². The highest BCUT2D eigenvalue weighted by Crippen LogP contribution is 2.30. The van der Waals surface area contributed by atoms with Crippen LogP contribution in [0.2, 0.25) is 0 Å². The molecule has 2 heterocycles. The van der Waals surface area contributed by atoms with E-state index in [4.69, 9.17) is 4.42 Å². The molecule has 5 aromatic rings. The molecule has 158 valence electrons. The fraction of sp³-hybridized carbons (Fsp3) is 0.120. The molecule has 0 spiro atoms. The average molecular weight is 440 g/mol. The Labute approximate surface area is 190 Å². The topological polar surface area (TPSA) is 69.6 Å². The first-order valence-corrected chi connectivity index (χ1v) is 11.3. The summed E-state index contributed by atoms with van der Waals surface area (Å²) in [6.07, 6.45) is 0. The second kappa shape index (κ2) is 8.80. The van der Waals surface area contributed by atoms with Crippen LogP contribution in [0.4, 0.5) is 0 Å². The summed E-state index contributed by atoms with van der Waals surface area (Å²) < 4.78 is 7.94. The molecule has 0 N–H and O–H groups in total. The largest absolute Gasteiger partial charge is 0.420 e. The van der Waals surface area contributed by atoms with Gasteiger partial charge >= 0.3 is 0 Å². The van der Waals surface area contributed by atoms with E-state index in [9.17, 15) is 0 Å². The molecule has 2 aromatic heterocycles. The van der Waals surface area contributed by atoms with Crippen LogP contribution in [-0.2, 0) is 5.75 Å². The molecule has 0 saturated heterocycles. The van der Waals surface area contributed by atoms with Crippen LogP contribution in [0.1, 0.15) is 17.0 Å². The third-order valence-corrected chi connectivity index (χ3v) is 5.93. The normalized spacial score (nSPS) is 11.1. The predicted molar refractivity (Wildman–Crippen MR) is 126 cm³/mol. The van der Waals surface area contributed by atoms with Crippen LogP contribution in [0.5, 0.6) is 0 Å². The Balaban J connectivity index is 1.46. The SMILES string of the molecule is Cc1ccc(-n2c(SCc3nnc(-c4ccccc4)o3)nnc2-c2cccc(C)c2)cc1. The molecule has 0 radical (unpaired) electrons. The minimum Gasteiger partial charge on any atom is -0.420 e. The van der Waals surface area contributed by atoms with Gasteiger partial charge < -0.3 is 4.42 Å². The first kappa shape index (κ1) is 20.2. The van der Waals surface area contributed by atoms with Crippen molar-refractivity contribution in [3.05, 3.63) is 95.9 Å². The van der Waals surface area contributed by atoms with Gasteiger partial charge in [-0.25, -0.2) is 0 Å². The summed E-state index contributed by atoms with van der Waals surface area (Å²) in [6, 6.07) is 26.4. The fourth-order valence-corrected chi connectivity index (χ4v) is 4.19. The van der Waals surface area contributed by atoms with Crippen LogP contribution < -0.4 is 0 Å². The number of aryl methyl sites for hydroxylation is 2. The summed E-state index contributed by atoms with van der Waals surface area (Å²) in [4.78, 5) is 0. The van der Waals surface area contributed by atoms with Gasteiger partial charge in [-0.05, 0) is 44.2 Å². The molecule has 0 bridgehead atoms. The predicted octanol–water partition coefficient (Wildman–Crippen LogP) is 5.89. The van der Waals surface area contributed by atoms with E-state index in [2.05, 4.69) is 81.3 Å². The first-order chi connectivity index (χ1) is 15.7. The van der Waals surface area contributed by atoms with Crippen molar-refractivity contribution in [1.82, 2.24) is 25.0 Å². The van der Waals surface area contributed by atoms with Crippen LogP contribution in [-0.4, -0.2) is 25.0 Å². The Hall–Kier alpha value is -3.71. The molecule has 5 rings (SSSR count). The van der Waals surface area contributed by atoms with Gasteiger partial charge in [-0.2, -0.15) is 0 Å². The van der Waals surface area contributed by atoms with Crippen molar-refractivity contribution in [1.29, 1.82) is 0 Å². The number of hydrogen-bond donors (Lipinski definition) is 0. The van der Waals surface area contributed by atoms with E-state index in [1.54, 1.807) is 0 Å². The van der Waals surface area contributed by atoms with E-state index in [-0.39, 0.29) is 0 Å². The molecule has 6 nitrogen and oxygen atoms in total. The molecule has 7 heteroatoms. The summed E-state index contributed by atoms with van der Waals surface area (Å²) in [5.74, 6) is 2.36. The van der Waals surface area contributed by atoms with Crippen LogP contribution in [0, 0.1) is 13.8 Å². The minimum atomic E-state index is 0.498. The summed E-state index contributed by atoms with van der Waals surface area (Å²) in [7, 11) is 0. The molecule has 3 aromatic carbocycles. The molecule has 0 saturated carbocycles. The number of hydrogen-bond acceptors (Lipinski definition) is 6. The van der Waals surface area contributed by atoms with Gasteiger partial charge in [0, 0.05) is 16.8 Å². The molecular formula is C25H21N5OS. The van der Waals surface area contributed by atoms with Gasteiger partial charge in [-0.3, -0.25) is 4.57 Å². The van der Waals surface area contributed by atoms with Crippen molar-refractivity contribution < 1.29 is 4.42 Å². The minimum absolute atomic E-state index is 0.498. The zero-order chi connectivity index (χ0) is 21.9. The molecule has 0 aliphatic heterocycles.